The molecule has 1 aliphatic rings. The van der Waals surface area contributed by atoms with Gasteiger partial charge in [0.05, 0.1) is 12.2 Å². The van der Waals surface area contributed by atoms with Crippen LogP contribution in [0.3, 0.4) is 0 Å². The summed E-state index contributed by atoms with van der Waals surface area (Å²) in [5.41, 5.74) is 2.50. The molecular formula is C25H30N4O5. The van der Waals surface area contributed by atoms with Crippen molar-refractivity contribution in [2.24, 2.45) is 0 Å². The quantitative estimate of drug-likeness (QED) is 0.605. The summed E-state index contributed by atoms with van der Waals surface area (Å²) < 4.78 is 5.69. The molecule has 0 bridgehead atoms. The van der Waals surface area contributed by atoms with E-state index in [4.69, 9.17) is 4.74 Å². The van der Waals surface area contributed by atoms with Crippen molar-refractivity contribution < 1.29 is 23.9 Å². The number of morpholine rings is 1. The van der Waals surface area contributed by atoms with Gasteiger partial charge < -0.3 is 25.6 Å². The van der Waals surface area contributed by atoms with E-state index in [1.54, 1.807) is 35.2 Å². The van der Waals surface area contributed by atoms with E-state index in [0.29, 0.717) is 30.0 Å². The average Bonchev–Trinajstić information content (AvgIpc) is 2.75. The van der Waals surface area contributed by atoms with Gasteiger partial charge in [-0.25, -0.2) is 0 Å². The molecule has 2 aromatic carbocycles. The normalized spacial score (nSPS) is 17.6. The molecule has 0 radical (unpaired) electrons. The van der Waals surface area contributed by atoms with Crippen LogP contribution in [0, 0.1) is 0 Å². The van der Waals surface area contributed by atoms with Crippen molar-refractivity contribution in [1.29, 1.82) is 0 Å². The predicted molar refractivity (Wildman–Crippen MR) is 129 cm³/mol. The van der Waals surface area contributed by atoms with E-state index in [1.807, 2.05) is 13.8 Å². The van der Waals surface area contributed by atoms with Crippen LogP contribution < -0.4 is 16.0 Å². The summed E-state index contributed by atoms with van der Waals surface area (Å²) in [6.45, 7) is 7.98. The molecule has 2 unspecified atom stereocenters. The summed E-state index contributed by atoms with van der Waals surface area (Å²) in [6, 6.07) is 11.8. The lowest BCUT2D eigenvalue weighted by Gasteiger charge is -2.35. The Balaban J connectivity index is 1.65. The summed E-state index contributed by atoms with van der Waals surface area (Å²) in [4.78, 5) is 50.2. The summed E-state index contributed by atoms with van der Waals surface area (Å²) in [6.07, 6.45) is -0.00463. The first-order chi connectivity index (χ1) is 16.1. The highest BCUT2D eigenvalue weighted by Crippen LogP contribution is 2.20. The largest absolute Gasteiger partial charge is 0.372 e. The van der Waals surface area contributed by atoms with E-state index in [-0.39, 0.29) is 47.9 Å². The van der Waals surface area contributed by atoms with Gasteiger partial charge in [0.2, 0.25) is 11.8 Å². The van der Waals surface area contributed by atoms with Gasteiger partial charge in [0, 0.05) is 56.0 Å². The molecule has 3 N–H and O–H groups in total. The topological polar surface area (TPSA) is 117 Å². The first-order valence-electron chi connectivity index (χ1n) is 11.1. The molecular weight excluding hydrogens is 436 g/mol. The molecule has 34 heavy (non-hydrogen) atoms. The number of amides is 4. The SMILES string of the molecule is CC(=O)Nc1cc(NC(C)=O)cc(C(=O)NCc2ccc(C(=O)N3CC(C)OC(C)C3)cc2)c1. The minimum Gasteiger partial charge on any atom is -0.372 e. The molecule has 180 valence electrons. The molecule has 4 amide bonds. The van der Waals surface area contributed by atoms with Crippen molar-refractivity contribution in [3.63, 3.8) is 0 Å². The molecule has 2 atom stereocenters. The van der Waals surface area contributed by atoms with Crippen LogP contribution in [0.1, 0.15) is 54.0 Å². The third-order valence-electron chi connectivity index (χ3n) is 5.20. The van der Waals surface area contributed by atoms with Gasteiger partial charge in [0.25, 0.3) is 11.8 Å². The zero-order chi connectivity index (χ0) is 24.8. The number of ether oxygens (including phenoxy) is 1. The lowest BCUT2D eigenvalue weighted by atomic mass is 10.1. The Morgan fingerprint density at radius 1 is 0.853 bits per heavy atom. The second kappa shape index (κ2) is 10.9. The zero-order valence-corrected chi connectivity index (χ0v) is 19.8. The van der Waals surface area contributed by atoms with Gasteiger partial charge in [-0.15, -0.1) is 0 Å². The number of rotatable bonds is 6. The molecule has 0 spiro atoms. The van der Waals surface area contributed by atoms with E-state index in [2.05, 4.69) is 16.0 Å². The molecule has 0 aromatic heterocycles. The fourth-order valence-corrected chi connectivity index (χ4v) is 3.89. The monoisotopic (exact) mass is 466 g/mol. The highest BCUT2D eigenvalue weighted by Gasteiger charge is 2.26. The maximum Gasteiger partial charge on any atom is 0.254 e. The van der Waals surface area contributed by atoms with Gasteiger partial charge in [-0.05, 0) is 49.7 Å². The van der Waals surface area contributed by atoms with Gasteiger partial charge in [-0.2, -0.15) is 0 Å². The highest BCUT2D eigenvalue weighted by molar-refractivity contribution is 6.00. The Morgan fingerprint density at radius 2 is 1.38 bits per heavy atom. The molecule has 1 fully saturated rings. The molecule has 9 nitrogen and oxygen atoms in total. The van der Waals surface area contributed by atoms with Gasteiger partial charge in [0.1, 0.15) is 0 Å². The van der Waals surface area contributed by atoms with Crippen molar-refractivity contribution >= 4 is 35.0 Å². The number of nitrogens with zero attached hydrogens (tertiary/aromatic N) is 1. The third-order valence-corrected chi connectivity index (χ3v) is 5.20. The lowest BCUT2D eigenvalue weighted by molar-refractivity contribution is -0.115. The zero-order valence-electron chi connectivity index (χ0n) is 19.8. The van der Waals surface area contributed by atoms with Crippen molar-refractivity contribution in [1.82, 2.24) is 10.2 Å². The molecule has 9 heteroatoms. The first-order valence-corrected chi connectivity index (χ1v) is 11.1. The first kappa shape index (κ1) is 24.9. The van der Waals surface area contributed by atoms with Gasteiger partial charge >= 0.3 is 0 Å². The maximum absolute atomic E-state index is 12.8. The Hall–Kier alpha value is -3.72. The Bertz CT molecular complexity index is 1040. The van der Waals surface area contributed by atoms with Crippen LogP contribution in [0.4, 0.5) is 11.4 Å². The average molecular weight is 467 g/mol. The highest BCUT2D eigenvalue weighted by atomic mass is 16.5. The number of carbonyl (C=O) groups is 4. The van der Waals surface area contributed by atoms with Crippen LogP contribution in [-0.2, 0) is 20.9 Å². The van der Waals surface area contributed by atoms with E-state index in [9.17, 15) is 19.2 Å². The molecule has 3 rings (SSSR count). The number of benzene rings is 2. The molecule has 0 aliphatic carbocycles. The van der Waals surface area contributed by atoms with Crippen molar-refractivity contribution in [2.75, 3.05) is 23.7 Å². The summed E-state index contributed by atoms with van der Waals surface area (Å²) in [5.74, 6) is -0.989. The Morgan fingerprint density at radius 3 is 1.88 bits per heavy atom. The number of hydrogen-bond acceptors (Lipinski definition) is 5. The van der Waals surface area contributed by atoms with Gasteiger partial charge in [-0.3, -0.25) is 19.2 Å². The van der Waals surface area contributed by atoms with Crippen LogP contribution in [0.5, 0.6) is 0 Å². The van der Waals surface area contributed by atoms with Gasteiger partial charge in [-0.1, -0.05) is 12.1 Å². The molecule has 1 aliphatic heterocycles. The van der Waals surface area contributed by atoms with E-state index < -0.39 is 0 Å². The maximum atomic E-state index is 12.8. The fraction of sp³-hybridized carbons (Fsp3) is 0.360. The lowest BCUT2D eigenvalue weighted by Crippen LogP contribution is -2.48. The Kier molecular flexibility index (Phi) is 8.01. The number of nitrogens with one attached hydrogen (secondary N) is 3. The van der Waals surface area contributed by atoms with E-state index in [0.717, 1.165) is 5.56 Å². The second-order valence-electron chi connectivity index (χ2n) is 8.51. The van der Waals surface area contributed by atoms with Crippen LogP contribution in [-0.4, -0.2) is 53.8 Å². The van der Waals surface area contributed by atoms with Crippen molar-refractivity contribution in [3.8, 4) is 0 Å². The van der Waals surface area contributed by atoms with E-state index >= 15 is 0 Å². The summed E-state index contributed by atoms with van der Waals surface area (Å²) in [5, 5.41) is 8.07. The molecule has 1 heterocycles. The third kappa shape index (κ3) is 6.89. The minimum absolute atomic E-state index is 0.00232. The van der Waals surface area contributed by atoms with Crippen LogP contribution >= 0.6 is 0 Å². The fourth-order valence-electron chi connectivity index (χ4n) is 3.89. The summed E-state index contributed by atoms with van der Waals surface area (Å²) >= 11 is 0. The number of hydrogen-bond donors (Lipinski definition) is 3. The van der Waals surface area contributed by atoms with Crippen molar-refractivity contribution in [2.45, 2.75) is 46.4 Å². The van der Waals surface area contributed by atoms with Gasteiger partial charge in [0.15, 0.2) is 0 Å². The van der Waals surface area contributed by atoms with Crippen molar-refractivity contribution in [3.05, 3.63) is 59.2 Å². The Labute approximate surface area is 198 Å². The molecule has 2 aromatic rings. The minimum atomic E-state index is -0.366. The second-order valence-corrected chi connectivity index (χ2v) is 8.51. The number of anilines is 2. The van der Waals surface area contributed by atoms with E-state index in [1.165, 1.54) is 26.0 Å². The molecule has 1 saturated heterocycles. The smallest absolute Gasteiger partial charge is 0.254 e. The molecule has 0 saturated carbocycles. The number of carbonyl (C=O) groups excluding carboxylic acids is 4. The van der Waals surface area contributed by atoms with Crippen LogP contribution in [0.15, 0.2) is 42.5 Å². The standard InChI is InChI=1S/C25H30N4O5/c1-15-13-29(14-16(2)34-15)25(33)20-7-5-19(6-8-20)12-26-24(32)21-9-22(27-17(3)30)11-23(10-21)28-18(4)31/h5-11,15-16H,12-14H2,1-4H3,(H,26,32)(H,27,30)(H,28,31). The summed E-state index contributed by atoms with van der Waals surface area (Å²) in [7, 11) is 0. The van der Waals surface area contributed by atoms with Crippen LogP contribution in [0.25, 0.3) is 0 Å². The predicted octanol–water partition coefficient (Wildman–Crippen LogP) is 2.78. The van der Waals surface area contributed by atoms with Crippen LogP contribution in [0.2, 0.25) is 0 Å².